The molecule has 0 amide bonds. The maximum Gasteiger partial charge on any atom is 0.505 e. The normalized spacial score (nSPS) is 12.8. The zero-order chi connectivity index (χ0) is 33.1. The van der Waals surface area contributed by atoms with Crippen LogP contribution in [-0.4, -0.2) is 115 Å². The molecule has 0 aliphatic rings. The summed E-state index contributed by atoms with van der Waals surface area (Å²) in [5.41, 5.74) is 0.449. The van der Waals surface area contributed by atoms with E-state index >= 15 is 0 Å². The first kappa shape index (κ1) is 45.5. The zero-order valence-corrected chi connectivity index (χ0v) is 33.5. The first-order valence-electron chi connectivity index (χ1n) is 16.3. The maximum atomic E-state index is 5.89. The smallest absolute Gasteiger partial charge is 0.374 e. The fourth-order valence-corrected chi connectivity index (χ4v) is 18.6. The molecule has 0 atom stereocenters. The van der Waals surface area contributed by atoms with Crippen molar-refractivity contribution < 1.29 is 53.1 Å². The maximum absolute atomic E-state index is 5.89. The Labute approximate surface area is 268 Å². The quantitative estimate of drug-likeness (QED) is 0.0896. The molecule has 0 bridgehead atoms. The van der Waals surface area contributed by atoms with E-state index in [1.807, 2.05) is 83.1 Å². The Morgan fingerprint density at radius 1 is 0.233 bits per heavy atom. The van der Waals surface area contributed by atoms with E-state index in [-0.39, 0.29) is 0 Å². The van der Waals surface area contributed by atoms with E-state index in [1.54, 1.807) is 0 Å². The Bertz CT molecular complexity index is 506. The average molecular weight is 695 g/mol. The molecule has 0 aromatic carbocycles. The summed E-state index contributed by atoms with van der Waals surface area (Å²) in [5, 5.41) is 0. The van der Waals surface area contributed by atoms with Gasteiger partial charge < -0.3 is 53.1 Å². The Morgan fingerprint density at radius 3 is 0.512 bits per heavy atom. The van der Waals surface area contributed by atoms with Gasteiger partial charge in [-0.3, -0.25) is 0 Å². The molecule has 0 radical (unpaired) electrons. The van der Waals surface area contributed by atoms with Gasteiger partial charge in [-0.1, -0.05) is 0 Å². The average Bonchev–Trinajstić information content (AvgIpc) is 2.94. The number of rotatable bonds is 29. The Morgan fingerprint density at radius 2 is 0.372 bits per heavy atom. The molecule has 0 saturated carbocycles. The monoisotopic (exact) mass is 694 g/mol. The molecule has 0 aromatic heterocycles. The third kappa shape index (κ3) is 18.3. The molecular formula is C27H66O12Si4. The summed E-state index contributed by atoms with van der Waals surface area (Å²) in [5.74, 6) is 0. The van der Waals surface area contributed by atoms with E-state index in [0.717, 1.165) is 0 Å². The van der Waals surface area contributed by atoms with Crippen LogP contribution in [-0.2, 0) is 53.1 Å². The standard InChI is InChI=1S/C14H34O6Si2.C13H32O6Si2/c1-7-15-21(16-8-2,17-9-3)13-14-22(18-10-4,19-11-5)20-12-6;1-7-14-20(15-8-2,16-9-3)13-21(17-10-4,18-11-5)19-12-6/h7-14H2,1-6H3;7-13H2,1-6H3. The Kier molecular flexibility index (Phi) is 29.1. The number of hydrogen-bond donors (Lipinski definition) is 0. The lowest BCUT2D eigenvalue weighted by Gasteiger charge is -2.35. The molecule has 0 aromatic rings. The van der Waals surface area contributed by atoms with Gasteiger partial charge in [-0.2, -0.15) is 0 Å². The SMILES string of the molecule is CCO[Si](CC[Si](OCC)(OCC)OCC)(OCC)OCC.CCO[Si](C[Si](OCC)(OCC)OCC)(OCC)OCC. The van der Waals surface area contributed by atoms with Gasteiger partial charge in [0.25, 0.3) is 0 Å². The largest absolute Gasteiger partial charge is 0.505 e. The van der Waals surface area contributed by atoms with Crippen LogP contribution < -0.4 is 0 Å². The summed E-state index contributed by atoms with van der Waals surface area (Å²) < 4.78 is 70.7. The highest BCUT2D eigenvalue weighted by Crippen LogP contribution is 2.28. The predicted molar refractivity (Wildman–Crippen MR) is 177 cm³/mol. The molecule has 0 fully saturated rings. The molecule has 43 heavy (non-hydrogen) atoms. The van der Waals surface area contributed by atoms with Crippen LogP contribution in [0.25, 0.3) is 0 Å². The molecule has 0 aliphatic carbocycles. The van der Waals surface area contributed by atoms with Crippen molar-refractivity contribution in [1.82, 2.24) is 0 Å². The molecule has 0 N–H and O–H groups in total. The van der Waals surface area contributed by atoms with Crippen LogP contribution >= 0.6 is 0 Å². The molecule has 0 saturated heterocycles. The minimum Gasteiger partial charge on any atom is -0.374 e. The zero-order valence-electron chi connectivity index (χ0n) is 29.5. The molecule has 0 rings (SSSR count). The number of hydrogen-bond acceptors (Lipinski definition) is 12. The van der Waals surface area contributed by atoms with Crippen LogP contribution in [0.2, 0.25) is 17.8 Å². The van der Waals surface area contributed by atoms with Crippen LogP contribution in [0.4, 0.5) is 0 Å². The second kappa shape index (κ2) is 27.5. The first-order valence-corrected chi connectivity index (χ1v) is 24.0. The fourth-order valence-electron chi connectivity index (χ4n) is 4.45. The molecule has 0 aliphatic heterocycles. The van der Waals surface area contributed by atoms with Crippen LogP contribution in [0.3, 0.4) is 0 Å². The van der Waals surface area contributed by atoms with Crippen LogP contribution in [0.1, 0.15) is 83.1 Å². The lowest BCUT2D eigenvalue weighted by molar-refractivity contribution is 0.0472. The van der Waals surface area contributed by atoms with Crippen molar-refractivity contribution in [2.24, 2.45) is 0 Å². The van der Waals surface area contributed by atoms with E-state index in [9.17, 15) is 0 Å². The van der Waals surface area contributed by atoms with Crippen molar-refractivity contribution >= 4 is 35.2 Å². The molecule has 16 heteroatoms. The minimum atomic E-state index is -2.86. The third-order valence-corrected chi connectivity index (χ3v) is 20.0. The Balaban J connectivity index is 0. The van der Waals surface area contributed by atoms with Crippen molar-refractivity contribution in [3.63, 3.8) is 0 Å². The summed E-state index contributed by atoms with van der Waals surface area (Å²) in [6.45, 7) is 29.9. The van der Waals surface area contributed by atoms with E-state index < -0.39 is 35.2 Å². The predicted octanol–water partition coefficient (Wildman–Crippen LogP) is 5.71. The van der Waals surface area contributed by atoms with Crippen molar-refractivity contribution in [2.45, 2.75) is 101 Å². The van der Waals surface area contributed by atoms with Crippen molar-refractivity contribution in [3.8, 4) is 0 Å². The summed E-state index contributed by atoms with van der Waals surface area (Å²) in [4.78, 5) is 0. The van der Waals surface area contributed by atoms with Crippen molar-refractivity contribution in [3.05, 3.63) is 0 Å². The van der Waals surface area contributed by atoms with Crippen molar-refractivity contribution in [1.29, 1.82) is 0 Å². The van der Waals surface area contributed by atoms with Crippen LogP contribution in [0, 0.1) is 0 Å². The van der Waals surface area contributed by atoms with Gasteiger partial charge in [0, 0.05) is 91.4 Å². The van der Waals surface area contributed by atoms with Gasteiger partial charge in [0.1, 0.15) is 0 Å². The van der Waals surface area contributed by atoms with Gasteiger partial charge in [-0.15, -0.1) is 0 Å². The summed E-state index contributed by atoms with van der Waals surface area (Å²) >= 11 is 0. The van der Waals surface area contributed by atoms with E-state index in [4.69, 9.17) is 53.1 Å². The van der Waals surface area contributed by atoms with Gasteiger partial charge in [-0.05, 0) is 83.1 Å². The molecular weight excluding hydrogens is 629 g/mol. The molecule has 262 valence electrons. The highest BCUT2D eigenvalue weighted by atomic mass is 28.5. The summed E-state index contributed by atoms with van der Waals surface area (Å²) in [6.07, 6.45) is 0. The summed E-state index contributed by atoms with van der Waals surface area (Å²) in [6, 6.07) is 1.30. The molecule has 0 heterocycles. The van der Waals surface area contributed by atoms with Crippen molar-refractivity contribution in [2.75, 3.05) is 79.3 Å². The highest BCUT2D eigenvalue weighted by Gasteiger charge is 2.56. The van der Waals surface area contributed by atoms with Gasteiger partial charge in [0.05, 0.1) is 5.67 Å². The van der Waals surface area contributed by atoms with Gasteiger partial charge in [-0.25, -0.2) is 0 Å². The van der Waals surface area contributed by atoms with E-state index in [0.29, 0.717) is 97.0 Å². The Hall–Kier alpha value is 0.388. The molecule has 0 spiro atoms. The minimum absolute atomic E-state index is 0.449. The van der Waals surface area contributed by atoms with Crippen LogP contribution in [0.15, 0.2) is 0 Å². The lowest BCUT2D eigenvalue weighted by Crippen LogP contribution is -2.58. The third-order valence-electron chi connectivity index (χ3n) is 5.54. The van der Waals surface area contributed by atoms with Gasteiger partial charge in [0.15, 0.2) is 0 Å². The van der Waals surface area contributed by atoms with E-state index in [2.05, 4.69) is 0 Å². The topological polar surface area (TPSA) is 111 Å². The van der Waals surface area contributed by atoms with Gasteiger partial charge in [0.2, 0.25) is 0 Å². The second-order valence-corrected chi connectivity index (χ2v) is 19.9. The van der Waals surface area contributed by atoms with Crippen LogP contribution in [0.5, 0.6) is 0 Å². The van der Waals surface area contributed by atoms with E-state index in [1.165, 1.54) is 0 Å². The highest BCUT2D eigenvalue weighted by molar-refractivity contribution is 6.80. The summed E-state index contributed by atoms with van der Waals surface area (Å²) in [7, 11) is -11.1. The molecule has 12 nitrogen and oxygen atoms in total. The fraction of sp³-hybridized carbons (Fsp3) is 1.00. The lowest BCUT2D eigenvalue weighted by atomic mass is 10.9. The van der Waals surface area contributed by atoms with Gasteiger partial charge >= 0.3 is 35.2 Å². The first-order chi connectivity index (χ1) is 20.6. The molecule has 0 unspecified atom stereocenters. The second-order valence-electron chi connectivity index (χ2n) is 8.60.